The summed E-state index contributed by atoms with van der Waals surface area (Å²) in [6.07, 6.45) is 0.797. The lowest BCUT2D eigenvalue weighted by Crippen LogP contribution is -2.50. The van der Waals surface area contributed by atoms with Gasteiger partial charge in [0.25, 0.3) is 0 Å². The fourth-order valence-electron chi connectivity index (χ4n) is 3.99. The van der Waals surface area contributed by atoms with Crippen molar-refractivity contribution in [2.24, 2.45) is 0 Å². The highest BCUT2D eigenvalue weighted by Gasteiger charge is 2.25. The van der Waals surface area contributed by atoms with Gasteiger partial charge >= 0.3 is 6.03 Å². The molecule has 2 heterocycles. The summed E-state index contributed by atoms with van der Waals surface area (Å²) in [6, 6.07) is 16.2. The molecule has 2 amide bonds. The maximum atomic E-state index is 12.7. The molecule has 2 aromatic carbocycles. The average Bonchev–Trinajstić information content (AvgIpc) is 2.77. The lowest BCUT2D eigenvalue weighted by Gasteiger charge is -2.36. The number of nitrogens with one attached hydrogen (secondary N) is 1. The lowest BCUT2D eigenvalue weighted by molar-refractivity contribution is 0.208. The third-order valence-electron chi connectivity index (χ3n) is 5.75. The van der Waals surface area contributed by atoms with Crippen LogP contribution in [0, 0.1) is 20.8 Å². The molecular formula is C25H28BrN5O. The number of piperazine rings is 1. The first kappa shape index (κ1) is 22.3. The first-order chi connectivity index (χ1) is 15.4. The predicted octanol–water partition coefficient (Wildman–Crippen LogP) is 5.11. The summed E-state index contributed by atoms with van der Waals surface area (Å²) >= 11 is 3.44. The van der Waals surface area contributed by atoms with Crippen molar-refractivity contribution >= 4 is 33.5 Å². The van der Waals surface area contributed by atoms with Gasteiger partial charge in [0.1, 0.15) is 11.6 Å². The zero-order chi connectivity index (χ0) is 22.7. The molecule has 1 N–H and O–H groups in total. The predicted molar refractivity (Wildman–Crippen MR) is 132 cm³/mol. The Morgan fingerprint density at radius 3 is 2.41 bits per heavy atom. The fourth-order valence-corrected chi connectivity index (χ4v) is 4.39. The number of carbonyl (C=O) groups is 1. The van der Waals surface area contributed by atoms with Crippen LogP contribution in [0.15, 0.2) is 53.0 Å². The van der Waals surface area contributed by atoms with Gasteiger partial charge in [0.2, 0.25) is 0 Å². The minimum Gasteiger partial charge on any atom is -0.353 e. The Kier molecular flexibility index (Phi) is 6.74. The van der Waals surface area contributed by atoms with E-state index in [1.165, 1.54) is 11.1 Å². The van der Waals surface area contributed by atoms with Gasteiger partial charge in [0.05, 0.1) is 0 Å². The monoisotopic (exact) mass is 493 g/mol. The van der Waals surface area contributed by atoms with Gasteiger partial charge in [-0.3, -0.25) is 0 Å². The molecule has 32 heavy (non-hydrogen) atoms. The number of benzene rings is 2. The number of hydrogen-bond donors (Lipinski definition) is 1. The van der Waals surface area contributed by atoms with Gasteiger partial charge in [0, 0.05) is 54.0 Å². The molecule has 1 fully saturated rings. The van der Waals surface area contributed by atoms with Crippen LogP contribution < -0.4 is 10.2 Å². The van der Waals surface area contributed by atoms with Crippen molar-refractivity contribution in [1.82, 2.24) is 14.9 Å². The van der Waals surface area contributed by atoms with Crippen molar-refractivity contribution in [1.29, 1.82) is 0 Å². The number of amides is 2. The van der Waals surface area contributed by atoms with Gasteiger partial charge < -0.3 is 15.1 Å². The van der Waals surface area contributed by atoms with Crippen LogP contribution in [-0.2, 0) is 6.42 Å². The number of anilines is 2. The molecular weight excluding hydrogens is 466 g/mol. The number of halogens is 1. The number of carbonyl (C=O) groups excluding carboxylic acids is 1. The number of aromatic nitrogens is 2. The van der Waals surface area contributed by atoms with Crippen LogP contribution >= 0.6 is 15.9 Å². The molecule has 0 atom stereocenters. The van der Waals surface area contributed by atoms with E-state index in [2.05, 4.69) is 69.2 Å². The number of aryl methyl sites for hydroxylation is 3. The van der Waals surface area contributed by atoms with Crippen LogP contribution in [0.4, 0.5) is 16.3 Å². The van der Waals surface area contributed by atoms with Crippen LogP contribution in [0.25, 0.3) is 0 Å². The van der Waals surface area contributed by atoms with Crippen molar-refractivity contribution in [2.45, 2.75) is 27.2 Å². The van der Waals surface area contributed by atoms with E-state index in [0.29, 0.717) is 13.1 Å². The molecule has 0 saturated carbocycles. The summed E-state index contributed by atoms with van der Waals surface area (Å²) in [5.74, 6) is 1.77. The summed E-state index contributed by atoms with van der Waals surface area (Å²) in [5.41, 5.74) is 5.46. The minimum atomic E-state index is -0.0716. The molecule has 1 aliphatic heterocycles. The fraction of sp³-hybridized carbons (Fsp3) is 0.320. The van der Waals surface area contributed by atoms with Crippen molar-refractivity contribution in [2.75, 3.05) is 36.4 Å². The second kappa shape index (κ2) is 9.69. The maximum absolute atomic E-state index is 12.7. The largest absolute Gasteiger partial charge is 0.353 e. The van der Waals surface area contributed by atoms with E-state index in [9.17, 15) is 4.79 Å². The molecule has 4 rings (SSSR count). The number of urea groups is 1. The third kappa shape index (κ3) is 5.27. The molecule has 0 aliphatic carbocycles. The standard InChI is InChI=1S/C25H28BrN5O/c1-17-7-9-20(10-8-17)15-23-18(2)27-19(3)28-24(23)30-11-13-31(14-12-30)25(32)29-22-6-4-5-21(26)16-22/h4-10,16H,11-15H2,1-3H3,(H,29,32). The van der Waals surface area contributed by atoms with Gasteiger partial charge in [0.15, 0.2) is 0 Å². The number of nitrogens with zero attached hydrogens (tertiary/aromatic N) is 4. The molecule has 6 nitrogen and oxygen atoms in total. The van der Waals surface area contributed by atoms with E-state index in [1.807, 2.05) is 36.1 Å². The summed E-state index contributed by atoms with van der Waals surface area (Å²) in [7, 11) is 0. The summed E-state index contributed by atoms with van der Waals surface area (Å²) in [5, 5.41) is 2.99. The van der Waals surface area contributed by atoms with Crippen LogP contribution in [0.1, 0.15) is 28.2 Å². The molecule has 0 bridgehead atoms. The van der Waals surface area contributed by atoms with Gasteiger partial charge in [-0.15, -0.1) is 0 Å². The van der Waals surface area contributed by atoms with E-state index in [-0.39, 0.29) is 6.03 Å². The van der Waals surface area contributed by atoms with Crippen LogP contribution in [0.5, 0.6) is 0 Å². The maximum Gasteiger partial charge on any atom is 0.321 e. The van der Waals surface area contributed by atoms with Gasteiger partial charge in [-0.05, 0) is 44.5 Å². The van der Waals surface area contributed by atoms with Crippen molar-refractivity contribution in [3.8, 4) is 0 Å². The average molecular weight is 494 g/mol. The van der Waals surface area contributed by atoms with Crippen molar-refractivity contribution < 1.29 is 4.79 Å². The zero-order valence-corrected chi connectivity index (χ0v) is 20.3. The van der Waals surface area contributed by atoms with Crippen LogP contribution in [0.2, 0.25) is 0 Å². The Morgan fingerprint density at radius 1 is 1.00 bits per heavy atom. The first-order valence-corrected chi connectivity index (χ1v) is 11.6. The van der Waals surface area contributed by atoms with Crippen LogP contribution in [-0.4, -0.2) is 47.1 Å². The number of rotatable bonds is 4. The second-order valence-electron chi connectivity index (χ2n) is 8.24. The second-order valence-corrected chi connectivity index (χ2v) is 9.15. The van der Waals surface area contributed by atoms with E-state index in [0.717, 1.165) is 52.6 Å². The highest BCUT2D eigenvalue weighted by atomic mass is 79.9. The third-order valence-corrected chi connectivity index (χ3v) is 6.24. The molecule has 1 saturated heterocycles. The van der Waals surface area contributed by atoms with E-state index < -0.39 is 0 Å². The molecule has 0 radical (unpaired) electrons. The smallest absolute Gasteiger partial charge is 0.321 e. The molecule has 1 aromatic heterocycles. The molecule has 166 valence electrons. The van der Waals surface area contributed by atoms with Gasteiger partial charge in [-0.2, -0.15) is 0 Å². The molecule has 0 spiro atoms. The van der Waals surface area contributed by atoms with E-state index in [1.54, 1.807) is 0 Å². The van der Waals surface area contributed by atoms with E-state index >= 15 is 0 Å². The Bertz CT molecular complexity index is 1110. The lowest BCUT2D eigenvalue weighted by atomic mass is 10.0. The van der Waals surface area contributed by atoms with Gasteiger partial charge in [-0.1, -0.05) is 51.8 Å². The SMILES string of the molecule is Cc1ccc(Cc2c(C)nc(C)nc2N2CCN(C(=O)Nc3cccc(Br)c3)CC2)cc1. The molecule has 7 heteroatoms. The minimum absolute atomic E-state index is 0.0716. The summed E-state index contributed by atoms with van der Waals surface area (Å²) in [4.78, 5) is 26.3. The Morgan fingerprint density at radius 2 is 1.72 bits per heavy atom. The van der Waals surface area contributed by atoms with Crippen molar-refractivity contribution in [3.63, 3.8) is 0 Å². The highest BCUT2D eigenvalue weighted by Crippen LogP contribution is 2.25. The van der Waals surface area contributed by atoms with Crippen molar-refractivity contribution in [3.05, 3.63) is 81.2 Å². The normalized spacial score (nSPS) is 13.9. The molecule has 3 aromatic rings. The molecule has 0 unspecified atom stereocenters. The zero-order valence-electron chi connectivity index (χ0n) is 18.7. The van der Waals surface area contributed by atoms with Crippen LogP contribution in [0.3, 0.4) is 0 Å². The number of hydrogen-bond acceptors (Lipinski definition) is 4. The highest BCUT2D eigenvalue weighted by molar-refractivity contribution is 9.10. The topological polar surface area (TPSA) is 61.4 Å². The van der Waals surface area contributed by atoms with E-state index in [4.69, 9.17) is 4.98 Å². The Labute approximate surface area is 197 Å². The van der Waals surface area contributed by atoms with Gasteiger partial charge in [-0.25, -0.2) is 14.8 Å². The first-order valence-electron chi connectivity index (χ1n) is 10.8. The Hall–Kier alpha value is -2.93. The summed E-state index contributed by atoms with van der Waals surface area (Å²) < 4.78 is 0.940. The Balaban J connectivity index is 1.47. The quantitative estimate of drug-likeness (QED) is 0.548. The molecule has 1 aliphatic rings. The summed E-state index contributed by atoms with van der Waals surface area (Å²) in [6.45, 7) is 8.86.